The zero-order valence-corrected chi connectivity index (χ0v) is 13.3. The van der Waals surface area contributed by atoms with Crippen molar-refractivity contribution in [1.29, 1.82) is 0 Å². The predicted octanol–water partition coefficient (Wildman–Crippen LogP) is 2.84. The average Bonchev–Trinajstić information content (AvgIpc) is 2.47. The summed E-state index contributed by atoms with van der Waals surface area (Å²) in [6, 6.07) is 10.0. The van der Waals surface area contributed by atoms with Crippen LogP contribution in [0.3, 0.4) is 0 Å². The van der Waals surface area contributed by atoms with Gasteiger partial charge in [0, 0.05) is 6.07 Å². The summed E-state index contributed by atoms with van der Waals surface area (Å²) in [5.74, 6) is -1.79. The number of carboxylic acid groups (broad SMARTS) is 1. The smallest absolute Gasteiger partial charge is 0.339 e. The quantitative estimate of drug-likeness (QED) is 0.753. The number of aromatic carboxylic acids is 1. The van der Waals surface area contributed by atoms with E-state index in [2.05, 4.69) is 4.72 Å². The Bertz CT molecular complexity index is 813. The molecule has 0 aliphatic carbocycles. The minimum atomic E-state index is -3.80. The van der Waals surface area contributed by atoms with E-state index < -0.39 is 21.7 Å². The van der Waals surface area contributed by atoms with E-state index in [1.165, 1.54) is 18.2 Å². The fraction of sp³-hybridized carbons (Fsp3) is 0.188. The molecule has 0 amide bonds. The number of aromatic hydroxyl groups is 1. The fourth-order valence-corrected chi connectivity index (χ4v) is 3.16. The summed E-state index contributed by atoms with van der Waals surface area (Å²) in [5, 5.41) is 18.4. The molecule has 3 N–H and O–H groups in total. The van der Waals surface area contributed by atoms with Crippen LogP contribution in [0, 0.1) is 0 Å². The van der Waals surface area contributed by atoms with Gasteiger partial charge >= 0.3 is 5.97 Å². The third kappa shape index (κ3) is 4.01. The summed E-state index contributed by atoms with van der Waals surface area (Å²) in [7, 11) is -3.80. The molecule has 122 valence electrons. The molecule has 0 spiro atoms. The van der Waals surface area contributed by atoms with Crippen LogP contribution in [0.2, 0.25) is 0 Å². The summed E-state index contributed by atoms with van der Waals surface area (Å²) in [5.41, 5.74) is 0.844. The summed E-state index contributed by atoms with van der Waals surface area (Å²) in [4.78, 5) is 10.9. The Hall–Kier alpha value is -2.54. The van der Waals surface area contributed by atoms with Gasteiger partial charge in [0.05, 0.1) is 10.6 Å². The molecule has 0 aliphatic rings. The first-order valence-corrected chi connectivity index (χ1v) is 8.50. The molecule has 0 saturated heterocycles. The molecule has 2 aromatic rings. The molecule has 0 aromatic heterocycles. The van der Waals surface area contributed by atoms with Gasteiger partial charge in [0.25, 0.3) is 10.0 Å². The van der Waals surface area contributed by atoms with Crippen molar-refractivity contribution >= 4 is 21.7 Å². The Labute approximate surface area is 134 Å². The number of aryl methyl sites for hydroxylation is 1. The van der Waals surface area contributed by atoms with Gasteiger partial charge in [-0.2, -0.15) is 0 Å². The maximum Gasteiger partial charge on any atom is 0.339 e. The molecule has 2 aromatic carbocycles. The summed E-state index contributed by atoms with van der Waals surface area (Å²) in [6.45, 7) is 2.04. The number of sulfonamides is 1. The zero-order chi connectivity index (χ0) is 17.0. The van der Waals surface area contributed by atoms with Gasteiger partial charge in [0.2, 0.25) is 0 Å². The first-order chi connectivity index (χ1) is 10.8. The van der Waals surface area contributed by atoms with Gasteiger partial charge in [-0.1, -0.05) is 25.5 Å². The highest BCUT2D eigenvalue weighted by Gasteiger charge is 2.16. The highest BCUT2D eigenvalue weighted by atomic mass is 32.2. The number of hydrogen-bond donors (Lipinski definition) is 3. The van der Waals surface area contributed by atoms with Crippen molar-refractivity contribution in [3.63, 3.8) is 0 Å². The van der Waals surface area contributed by atoms with E-state index in [-0.39, 0.29) is 16.1 Å². The van der Waals surface area contributed by atoms with Crippen LogP contribution in [-0.2, 0) is 16.4 Å². The fourth-order valence-electron chi connectivity index (χ4n) is 2.11. The Morgan fingerprint density at radius 3 is 2.30 bits per heavy atom. The largest absolute Gasteiger partial charge is 0.507 e. The topological polar surface area (TPSA) is 104 Å². The first kappa shape index (κ1) is 16.8. The minimum Gasteiger partial charge on any atom is -0.507 e. The van der Waals surface area contributed by atoms with Crippen molar-refractivity contribution in [1.82, 2.24) is 0 Å². The normalized spacial score (nSPS) is 11.2. The molecule has 0 radical (unpaired) electrons. The van der Waals surface area contributed by atoms with Crippen molar-refractivity contribution in [3.05, 3.63) is 53.6 Å². The summed E-state index contributed by atoms with van der Waals surface area (Å²) >= 11 is 0. The molecule has 0 aliphatic heterocycles. The van der Waals surface area contributed by atoms with E-state index in [0.717, 1.165) is 30.5 Å². The molecule has 0 unspecified atom stereocenters. The lowest BCUT2D eigenvalue weighted by Gasteiger charge is -2.10. The second-order valence-electron chi connectivity index (χ2n) is 5.04. The molecular formula is C16H17NO5S. The number of benzene rings is 2. The lowest BCUT2D eigenvalue weighted by atomic mass is 10.1. The Morgan fingerprint density at radius 2 is 1.78 bits per heavy atom. The molecule has 0 fully saturated rings. The maximum absolute atomic E-state index is 12.3. The Morgan fingerprint density at radius 1 is 1.13 bits per heavy atom. The lowest BCUT2D eigenvalue weighted by Crippen LogP contribution is -2.13. The Balaban J connectivity index is 2.24. The van der Waals surface area contributed by atoms with Gasteiger partial charge in [-0.3, -0.25) is 4.72 Å². The highest BCUT2D eigenvalue weighted by molar-refractivity contribution is 7.92. The van der Waals surface area contributed by atoms with Crippen LogP contribution in [0.15, 0.2) is 47.4 Å². The lowest BCUT2D eigenvalue weighted by molar-refractivity contribution is 0.0694. The van der Waals surface area contributed by atoms with Crippen molar-refractivity contribution in [3.8, 4) is 5.75 Å². The average molecular weight is 335 g/mol. The third-order valence-electron chi connectivity index (χ3n) is 3.25. The SMILES string of the molecule is CCCc1ccc(S(=O)(=O)Nc2ccc(C(=O)O)c(O)c2)cc1. The van der Waals surface area contributed by atoms with Gasteiger partial charge in [-0.15, -0.1) is 0 Å². The predicted molar refractivity (Wildman–Crippen MR) is 86.3 cm³/mol. The molecule has 7 heteroatoms. The minimum absolute atomic E-state index is 0.0881. The standard InChI is InChI=1S/C16H17NO5S/c1-2-3-11-4-7-13(8-5-11)23(21,22)17-12-6-9-14(16(19)20)15(18)10-12/h4-10,17-18H,2-3H2,1H3,(H,19,20). The van der Waals surface area contributed by atoms with Crippen LogP contribution in [0.5, 0.6) is 5.75 Å². The van der Waals surface area contributed by atoms with Gasteiger partial charge in [-0.05, 0) is 36.2 Å². The molecule has 0 heterocycles. The number of anilines is 1. The van der Waals surface area contributed by atoms with E-state index >= 15 is 0 Å². The molecule has 2 rings (SSSR count). The first-order valence-electron chi connectivity index (χ1n) is 7.01. The van der Waals surface area contributed by atoms with Crippen LogP contribution >= 0.6 is 0 Å². The molecule has 0 bridgehead atoms. The highest BCUT2D eigenvalue weighted by Crippen LogP contribution is 2.24. The third-order valence-corrected chi connectivity index (χ3v) is 4.65. The summed E-state index contributed by atoms with van der Waals surface area (Å²) in [6.07, 6.45) is 1.85. The molecule has 23 heavy (non-hydrogen) atoms. The monoisotopic (exact) mass is 335 g/mol. The van der Waals surface area contributed by atoms with Crippen LogP contribution in [-0.4, -0.2) is 24.6 Å². The number of nitrogens with one attached hydrogen (secondary N) is 1. The van der Waals surface area contributed by atoms with Crippen LogP contribution in [0.4, 0.5) is 5.69 Å². The van der Waals surface area contributed by atoms with Crippen LogP contribution in [0.1, 0.15) is 29.3 Å². The summed E-state index contributed by atoms with van der Waals surface area (Å²) < 4.78 is 26.9. The zero-order valence-electron chi connectivity index (χ0n) is 12.5. The maximum atomic E-state index is 12.3. The molecule has 6 nitrogen and oxygen atoms in total. The van der Waals surface area contributed by atoms with E-state index in [4.69, 9.17) is 5.11 Å². The van der Waals surface area contributed by atoms with E-state index in [9.17, 15) is 18.3 Å². The number of carbonyl (C=O) groups is 1. The van der Waals surface area contributed by atoms with Crippen LogP contribution in [0.25, 0.3) is 0 Å². The number of phenols is 1. The second-order valence-corrected chi connectivity index (χ2v) is 6.72. The van der Waals surface area contributed by atoms with E-state index in [1.54, 1.807) is 12.1 Å². The molecule has 0 atom stereocenters. The number of hydrogen-bond acceptors (Lipinski definition) is 4. The van der Waals surface area contributed by atoms with Crippen molar-refractivity contribution in [2.75, 3.05) is 4.72 Å². The Kier molecular flexibility index (Phi) is 4.90. The van der Waals surface area contributed by atoms with Crippen molar-refractivity contribution < 1.29 is 23.4 Å². The van der Waals surface area contributed by atoms with Gasteiger partial charge in [-0.25, -0.2) is 13.2 Å². The van der Waals surface area contributed by atoms with E-state index in [1.807, 2.05) is 6.92 Å². The molecule has 0 saturated carbocycles. The van der Waals surface area contributed by atoms with Gasteiger partial charge < -0.3 is 10.2 Å². The van der Waals surface area contributed by atoms with Crippen molar-refractivity contribution in [2.24, 2.45) is 0 Å². The molecular weight excluding hydrogens is 318 g/mol. The van der Waals surface area contributed by atoms with Crippen molar-refractivity contribution in [2.45, 2.75) is 24.7 Å². The van der Waals surface area contributed by atoms with Gasteiger partial charge in [0.1, 0.15) is 11.3 Å². The number of rotatable bonds is 6. The van der Waals surface area contributed by atoms with E-state index in [0.29, 0.717) is 0 Å². The van der Waals surface area contributed by atoms with Gasteiger partial charge in [0.15, 0.2) is 0 Å². The van der Waals surface area contributed by atoms with Crippen LogP contribution < -0.4 is 4.72 Å². The number of carboxylic acids is 1. The second kappa shape index (κ2) is 6.70.